The average Bonchev–Trinajstić information content (AvgIpc) is 3.51. The minimum absolute atomic E-state index is 0.0239. The Balaban J connectivity index is 1.48. The normalized spacial score (nSPS) is 15.2. The van der Waals surface area contributed by atoms with Crippen molar-refractivity contribution >= 4 is 40.5 Å². The van der Waals surface area contributed by atoms with Crippen molar-refractivity contribution in [3.8, 4) is 5.69 Å². The Hall–Kier alpha value is -2.98. The molecule has 2 aromatic heterocycles. The van der Waals surface area contributed by atoms with Gasteiger partial charge in [-0.25, -0.2) is 4.79 Å². The Bertz CT molecular complexity index is 1340. The van der Waals surface area contributed by atoms with Crippen LogP contribution in [0.1, 0.15) is 52.9 Å². The van der Waals surface area contributed by atoms with Gasteiger partial charge in [-0.1, -0.05) is 24.1 Å². The van der Waals surface area contributed by atoms with Crippen molar-refractivity contribution in [2.24, 2.45) is 0 Å². The molecule has 4 rings (SSSR count). The van der Waals surface area contributed by atoms with Crippen LogP contribution < -0.4 is 10.5 Å². The van der Waals surface area contributed by atoms with Crippen LogP contribution in [0.4, 0.5) is 10.5 Å². The van der Waals surface area contributed by atoms with E-state index in [1.54, 1.807) is 41.0 Å². The molecule has 1 fully saturated rings. The number of thiophene rings is 1. The van der Waals surface area contributed by atoms with Gasteiger partial charge in [0.1, 0.15) is 6.10 Å². The Kier molecular flexibility index (Phi) is 9.74. The zero-order chi connectivity index (χ0) is 27.1. The van der Waals surface area contributed by atoms with Crippen molar-refractivity contribution in [2.45, 2.75) is 51.2 Å². The molecule has 0 aliphatic carbocycles. The lowest BCUT2D eigenvalue weighted by molar-refractivity contribution is 0.0943. The number of methoxy groups -OCH3 is 1. The second-order valence-electron chi connectivity index (χ2n) is 9.17. The maximum Gasteiger partial charge on any atom is 0.414 e. The molecule has 0 radical (unpaired) electrons. The molecule has 0 bridgehead atoms. The van der Waals surface area contributed by atoms with Gasteiger partial charge in [-0.15, -0.1) is 11.3 Å². The van der Waals surface area contributed by atoms with Crippen LogP contribution in [0.5, 0.6) is 0 Å². The van der Waals surface area contributed by atoms with Crippen molar-refractivity contribution in [1.82, 2.24) is 4.57 Å². The number of benzene rings is 1. The molecule has 3 heterocycles. The highest BCUT2D eigenvalue weighted by Gasteiger charge is 2.33. The number of Topliss-reactive ketones (excluding diaryl/α,β-unsaturated/α-hetero) is 1. The van der Waals surface area contributed by atoms with E-state index in [1.807, 2.05) is 24.3 Å². The molecule has 1 aromatic carbocycles. The van der Waals surface area contributed by atoms with Gasteiger partial charge in [0.15, 0.2) is 5.78 Å². The number of hydrogen-bond acceptors (Lipinski definition) is 7. The highest BCUT2D eigenvalue weighted by Crippen LogP contribution is 2.29. The van der Waals surface area contributed by atoms with E-state index >= 15 is 0 Å². The van der Waals surface area contributed by atoms with Crippen molar-refractivity contribution in [3.05, 3.63) is 79.4 Å². The third-order valence-electron chi connectivity index (χ3n) is 6.48. The fourth-order valence-electron chi connectivity index (χ4n) is 4.53. The number of aliphatic hydroxyl groups excluding tert-OH is 1. The number of unbranched alkanes of at least 4 members (excludes halogenated alkanes) is 2. The first-order chi connectivity index (χ1) is 18.4. The molecule has 202 valence electrons. The predicted octanol–water partition coefficient (Wildman–Crippen LogP) is 5.39. The van der Waals surface area contributed by atoms with Gasteiger partial charge in [-0.3, -0.25) is 19.1 Å². The molecule has 0 spiro atoms. The van der Waals surface area contributed by atoms with Crippen LogP contribution in [0.3, 0.4) is 0 Å². The lowest BCUT2D eigenvalue weighted by Crippen LogP contribution is -2.26. The molecule has 0 unspecified atom stereocenters. The molecule has 0 saturated carbocycles. The number of carbonyl (C=O) groups excluding carboxylic acids is 2. The molecule has 1 aliphatic rings. The summed E-state index contributed by atoms with van der Waals surface area (Å²) < 4.78 is 13.1. The summed E-state index contributed by atoms with van der Waals surface area (Å²) in [5.74, 6) is -0.0239. The van der Waals surface area contributed by atoms with Gasteiger partial charge in [0.25, 0.3) is 5.56 Å². The molecular weight excluding hydrogens is 528 g/mol. The van der Waals surface area contributed by atoms with Crippen LogP contribution in [0.2, 0.25) is 4.34 Å². The molecule has 8 nitrogen and oxygen atoms in total. The maximum atomic E-state index is 13.2. The number of aryl methyl sites for hydroxylation is 1. The van der Waals surface area contributed by atoms with E-state index in [1.165, 1.54) is 11.3 Å². The Morgan fingerprint density at radius 3 is 2.74 bits per heavy atom. The lowest BCUT2D eigenvalue weighted by atomic mass is 10.1. The highest BCUT2D eigenvalue weighted by atomic mass is 35.5. The standard InChI is InChI=1S/C28H31ClN2O6S/c1-36-18-20-16-21(8-10-23(20)30-14-5-7-19(27(30)34)6-3-2-4-15-32)31-17-22(37-28(31)35)9-11-24(33)25-12-13-26(29)38-25/h5,7-8,10,12-14,16,22,32H,2-4,6,9,11,15,17-18H2,1H3/t22-/m0/s1. The quantitative estimate of drug-likeness (QED) is 0.223. The first-order valence-corrected chi connectivity index (χ1v) is 13.8. The van der Waals surface area contributed by atoms with Crippen molar-refractivity contribution in [1.29, 1.82) is 0 Å². The van der Waals surface area contributed by atoms with Crippen LogP contribution in [0.25, 0.3) is 5.69 Å². The molecule has 38 heavy (non-hydrogen) atoms. The van der Waals surface area contributed by atoms with E-state index in [2.05, 4.69) is 0 Å². The number of amides is 1. The maximum absolute atomic E-state index is 13.2. The number of anilines is 1. The molecule has 1 saturated heterocycles. The third kappa shape index (κ3) is 6.71. The number of aromatic nitrogens is 1. The number of ether oxygens (including phenoxy) is 2. The largest absolute Gasteiger partial charge is 0.444 e. The van der Waals surface area contributed by atoms with Gasteiger partial charge in [-0.2, -0.15) is 0 Å². The number of pyridine rings is 1. The van der Waals surface area contributed by atoms with Gasteiger partial charge in [0.05, 0.1) is 28.1 Å². The molecule has 1 aliphatic heterocycles. The fraction of sp³-hybridized carbons (Fsp3) is 0.393. The minimum Gasteiger partial charge on any atom is -0.444 e. The van der Waals surface area contributed by atoms with Gasteiger partial charge in [0, 0.05) is 43.1 Å². The summed E-state index contributed by atoms with van der Waals surface area (Å²) in [7, 11) is 1.58. The summed E-state index contributed by atoms with van der Waals surface area (Å²) in [5, 5.41) is 8.99. The van der Waals surface area contributed by atoms with E-state index in [4.69, 9.17) is 26.2 Å². The first kappa shape index (κ1) is 28.0. The number of cyclic esters (lactones) is 1. The van der Waals surface area contributed by atoms with Crippen LogP contribution in [-0.4, -0.2) is 47.9 Å². The molecular formula is C28H31ClN2O6S. The van der Waals surface area contributed by atoms with E-state index in [-0.39, 0.29) is 31.0 Å². The van der Waals surface area contributed by atoms with Crippen LogP contribution >= 0.6 is 22.9 Å². The summed E-state index contributed by atoms with van der Waals surface area (Å²) >= 11 is 7.17. The number of ketones is 1. The Morgan fingerprint density at radius 1 is 1.16 bits per heavy atom. The number of nitrogens with zero attached hydrogens (tertiary/aromatic N) is 2. The summed E-state index contributed by atoms with van der Waals surface area (Å²) in [4.78, 5) is 40.4. The fourth-order valence-corrected chi connectivity index (χ4v) is 5.54. The van der Waals surface area contributed by atoms with E-state index in [0.29, 0.717) is 45.5 Å². The van der Waals surface area contributed by atoms with Crippen LogP contribution in [0.15, 0.2) is 53.5 Å². The second kappa shape index (κ2) is 13.2. The molecule has 1 amide bonds. The summed E-state index contributed by atoms with van der Waals surface area (Å²) in [6.45, 7) is 0.729. The molecule has 3 aromatic rings. The number of aliphatic hydroxyl groups is 1. The van der Waals surface area contributed by atoms with Gasteiger partial charge >= 0.3 is 6.09 Å². The van der Waals surface area contributed by atoms with Gasteiger partial charge in [0.2, 0.25) is 0 Å². The van der Waals surface area contributed by atoms with Crippen molar-refractivity contribution in [2.75, 3.05) is 25.2 Å². The van der Waals surface area contributed by atoms with Crippen LogP contribution in [0, 0.1) is 0 Å². The highest BCUT2D eigenvalue weighted by molar-refractivity contribution is 7.18. The molecule has 1 N–H and O–H groups in total. The summed E-state index contributed by atoms with van der Waals surface area (Å²) in [6, 6.07) is 12.5. The topological polar surface area (TPSA) is 98.1 Å². The number of hydrogen-bond donors (Lipinski definition) is 1. The van der Waals surface area contributed by atoms with Gasteiger partial charge in [-0.05, 0) is 62.1 Å². The van der Waals surface area contributed by atoms with Gasteiger partial charge < -0.3 is 14.6 Å². The predicted molar refractivity (Wildman–Crippen MR) is 148 cm³/mol. The van der Waals surface area contributed by atoms with E-state index in [0.717, 1.165) is 24.8 Å². The number of halogens is 1. The Morgan fingerprint density at radius 2 is 2.00 bits per heavy atom. The second-order valence-corrected chi connectivity index (χ2v) is 10.9. The molecule has 1 atom stereocenters. The minimum atomic E-state index is -0.472. The zero-order valence-corrected chi connectivity index (χ0v) is 22.8. The van der Waals surface area contributed by atoms with Crippen molar-refractivity contribution in [3.63, 3.8) is 0 Å². The van der Waals surface area contributed by atoms with Crippen molar-refractivity contribution < 1.29 is 24.2 Å². The SMILES string of the molecule is COCc1cc(N2C[C@H](CCC(=O)c3ccc(Cl)s3)OC2=O)ccc1-n1cccc(CCCCCO)c1=O. The summed E-state index contributed by atoms with van der Waals surface area (Å²) in [5.41, 5.74) is 2.69. The smallest absolute Gasteiger partial charge is 0.414 e. The Labute approximate surface area is 230 Å². The third-order valence-corrected chi connectivity index (χ3v) is 7.75. The zero-order valence-electron chi connectivity index (χ0n) is 21.2. The lowest BCUT2D eigenvalue weighted by Gasteiger charge is -2.18. The first-order valence-electron chi connectivity index (χ1n) is 12.6. The summed E-state index contributed by atoms with van der Waals surface area (Å²) in [6.07, 6.45) is 4.58. The van der Waals surface area contributed by atoms with E-state index < -0.39 is 12.2 Å². The monoisotopic (exact) mass is 558 g/mol. The molecule has 10 heteroatoms. The number of carbonyl (C=O) groups is 2. The van der Waals surface area contributed by atoms with E-state index in [9.17, 15) is 14.4 Å². The average molecular weight is 559 g/mol. The number of rotatable bonds is 13. The van der Waals surface area contributed by atoms with Crippen LogP contribution in [-0.2, 0) is 22.5 Å².